The minimum atomic E-state index is -5.27. The second-order valence-corrected chi connectivity index (χ2v) is 33.5. The summed E-state index contributed by atoms with van der Waals surface area (Å²) in [6.07, 6.45) is 5.33. The van der Waals surface area contributed by atoms with Crippen LogP contribution in [0.25, 0.3) is 25.1 Å². The predicted molar refractivity (Wildman–Crippen MR) is 373 cm³/mol. The highest BCUT2D eigenvalue weighted by Crippen LogP contribution is 2.64. The molecule has 0 aliphatic heterocycles. The number of hydrogen-bond acceptors (Lipinski definition) is 13. The number of phenols is 1. The van der Waals surface area contributed by atoms with E-state index in [9.17, 15) is 54.1 Å². The van der Waals surface area contributed by atoms with Gasteiger partial charge in [0.2, 0.25) is 6.10 Å². The molecule has 538 valence electrons. The lowest BCUT2D eigenvalue weighted by Gasteiger charge is -2.60. The van der Waals surface area contributed by atoms with Crippen LogP contribution in [0.5, 0.6) is 17.2 Å². The van der Waals surface area contributed by atoms with Crippen LogP contribution in [-0.4, -0.2) is 76.8 Å². The third-order valence-electron chi connectivity index (χ3n) is 20.8. The van der Waals surface area contributed by atoms with Gasteiger partial charge in [-0.3, -0.25) is 19.2 Å². The maximum absolute atomic E-state index is 14.2. The van der Waals surface area contributed by atoms with Crippen LogP contribution in [0.1, 0.15) is 217 Å². The number of benzene rings is 5. The molecular weight excluding hydrogens is 1300 g/mol. The van der Waals surface area contributed by atoms with E-state index < -0.39 is 90.9 Å². The molecule has 4 unspecified atom stereocenters. The summed E-state index contributed by atoms with van der Waals surface area (Å²) in [5, 5.41) is 11.9. The average Bonchev–Trinajstić information content (AvgIpc) is 0.928. The van der Waals surface area contributed by atoms with Crippen molar-refractivity contribution in [1.82, 2.24) is 0 Å². The second kappa shape index (κ2) is 31.9. The summed E-state index contributed by atoms with van der Waals surface area (Å²) in [5.74, 6) is -5.34. The summed E-state index contributed by atoms with van der Waals surface area (Å²) < 4.78 is 131. The number of alkyl halides is 3. The normalized spacial score (nSPS) is 21.3. The van der Waals surface area contributed by atoms with E-state index in [2.05, 4.69) is 104 Å². The predicted octanol–water partition coefficient (Wildman–Crippen LogP) is 20.3. The van der Waals surface area contributed by atoms with E-state index in [1.807, 2.05) is 59.7 Å². The van der Waals surface area contributed by atoms with Crippen molar-refractivity contribution in [3.05, 3.63) is 132 Å². The Balaban J connectivity index is 0.000000180. The van der Waals surface area contributed by atoms with Crippen molar-refractivity contribution in [3.63, 3.8) is 0 Å². The van der Waals surface area contributed by atoms with Crippen LogP contribution >= 0.6 is 10.5 Å². The monoisotopic (exact) mass is 1400 g/mol. The van der Waals surface area contributed by atoms with E-state index in [4.69, 9.17) is 24.1 Å². The number of thiophene rings is 1. The molecule has 1 aromatic heterocycles. The van der Waals surface area contributed by atoms with Gasteiger partial charge in [0.25, 0.3) is 0 Å². The number of esters is 4. The Labute approximate surface area is 579 Å². The molecule has 6 aliphatic rings. The molecule has 4 bridgehead atoms. The number of carbonyl (C=O) groups excluding carboxylic acids is 4. The first-order chi connectivity index (χ1) is 45.7. The minimum absolute atomic E-state index is 0.00100. The topological polar surface area (TPSA) is 192 Å². The molecule has 1 heterocycles. The number of phenolic OH excluding ortho intramolecular Hbond substituents is 1. The second-order valence-electron chi connectivity index (χ2n) is 30.1. The zero-order valence-corrected chi connectivity index (χ0v) is 60.9. The fourth-order valence-corrected chi connectivity index (χ4v) is 16.7. The Hall–Kier alpha value is -6.64. The van der Waals surface area contributed by atoms with Crippen LogP contribution in [0.15, 0.2) is 115 Å². The highest BCUT2D eigenvalue weighted by Gasteiger charge is 2.64. The van der Waals surface area contributed by atoms with Gasteiger partial charge >= 0.3 is 30.1 Å². The number of hydrogen-bond donors (Lipinski definition) is 1. The molecule has 13 nitrogen and oxygen atoms in total. The van der Waals surface area contributed by atoms with Crippen molar-refractivity contribution in [3.8, 4) is 22.1 Å². The summed E-state index contributed by atoms with van der Waals surface area (Å²) >= 11 is 0. The average molecular weight is 1410 g/mol. The van der Waals surface area contributed by atoms with E-state index in [1.54, 1.807) is 33.8 Å². The number of fused-ring (bicyclic) bond motifs is 3. The number of carbonyl (C=O) groups is 4. The van der Waals surface area contributed by atoms with Crippen LogP contribution in [-0.2, 0) is 43.5 Å². The van der Waals surface area contributed by atoms with E-state index >= 15 is 0 Å². The van der Waals surface area contributed by atoms with Crippen molar-refractivity contribution < 1.29 is 82.9 Å². The summed E-state index contributed by atoms with van der Waals surface area (Å²) in [7, 11) is -5.21. The molecule has 4 atom stereocenters. The Morgan fingerprint density at radius 2 is 1.10 bits per heavy atom. The number of rotatable bonds is 18. The van der Waals surface area contributed by atoms with Gasteiger partial charge in [-0.15, -0.1) is 0 Å². The zero-order valence-electron chi connectivity index (χ0n) is 59.3. The molecule has 6 saturated carbocycles. The Bertz CT molecular complexity index is 3740. The van der Waals surface area contributed by atoms with Crippen LogP contribution in [0.3, 0.4) is 0 Å². The standard InChI is InChI=1S/C20H29F3O7S.C18H24F2O3.C18H13S.C12H22O2.C10H14O/c1-4-17(2,3)15(24)30-19-8-12-5-13(9-19)7-18(6-12,11-19)16(25)29-14(20(21,22)23)10-31(26,27)28;1-5-17(2,3)16(21)22-12-10-13(19)15(14(20)11-12)23-18(4)8-6-7-9-18;1-2-8-14(9-3-1)19-17-12-6-4-10-15(17)16-11-5-7-13-18(16)19;1-5-11(2,3)10(13)14-12(4)8-6-7-9-12;1-3-8(2)9-5-4-6-10(11)7-9/h12-14H,4-11H2,1-3H3,(H,26,27,28);10-11H,5-9H2,1-4H3;1-13H;5-9H2,1-4H3;4-8,11H,3H2,1-2H3/q;;+1;;/p-1. The van der Waals surface area contributed by atoms with Gasteiger partial charge in [0, 0.05) is 39.8 Å². The van der Waals surface area contributed by atoms with Crippen molar-refractivity contribution in [2.75, 3.05) is 5.75 Å². The summed E-state index contributed by atoms with van der Waals surface area (Å²) in [4.78, 5) is 50.9. The first-order valence-corrected chi connectivity index (χ1v) is 37.4. The van der Waals surface area contributed by atoms with Crippen LogP contribution in [0.2, 0.25) is 0 Å². The number of ether oxygens (including phenoxy) is 5. The molecule has 0 spiro atoms. The van der Waals surface area contributed by atoms with Gasteiger partial charge < -0.3 is 33.3 Å². The third kappa shape index (κ3) is 20.1. The maximum Gasteiger partial charge on any atom is 0.426 e. The largest absolute Gasteiger partial charge is 0.748 e. The fraction of sp³-hybridized carbons (Fsp3) is 0.564. The van der Waals surface area contributed by atoms with Gasteiger partial charge in [-0.2, -0.15) is 13.2 Å². The molecule has 5 aromatic carbocycles. The molecule has 6 aromatic rings. The van der Waals surface area contributed by atoms with E-state index in [0.29, 0.717) is 50.2 Å². The van der Waals surface area contributed by atoms with Gasteiger partial charge in [-0.1, -0.05) is 89.2 Å². The lowest BCUT2D eigenvalue weighted by atomic mass is 9.48. The molecular formula is C78H101F5O13S2. The Kier molecular flexibility index (Phi) is 25.6. The maximum atomic E-state index is 14.2. The first kappa shape index (κ1) is 78.7. The van der Waals surface area contributed by atoms with Gasteiger partial charge in [-0.25, -0.2) is 17.2 Å². The van der Waals surface area contributed by atoms with Crippen molar-refractivity contribution in [1.29, 1.82) is 0 Å². The molecule has 1 N–H and O–H groups in total. The summed E-state index contributed by atoms with van der Waals surface area (Å²) in [6.45, 7) is 24.8. The smallest absolute Gasteiger partial charge is 0.426 e. The summed E-state index contributed by atoms with van der Waals surface area (Å²) in [6, 6.07) is 37.9. The van der Waals surface area contributed by atoms with Crippen LogP contribution in [0.4, 0.5) is 22.0 Å². The number of halogens is 5. The SMILES string of the molecule is CCC(C)(C)C(=O)OC1(C)CCCC1.CCC(C)(C)C(=O)OC12CC3CC(C1)CC(C(=O)OC(CS(=O)(=O)[O-])C(F)(F)F)(C3)C2.CCC(C)(C)C(=O)Oc1cc(F)c(OC2(C)CCCC2)c(F)c1.CCC(C)c1cccc(O)c1.c1ccc(-[s+]2c3ccccc3c3ccccc32)cc1. The van der Waals surface area contributed by atoms with Crippen molar-refractivity contribution in [2.24, 2.45) is 33.5 Å². The van der Waals surface area contributed by atoms with Crippen molar-refractivity contribution in [2.45, 2.75) is 241 Å². The first-order valence-electron chi connectivity index (χ1n) is 34.6. The Morgan fingerprint density at radius 3 is 1.57 bits per heavy atom. The number of aromatic hydroxyl groups is 1. The summed E-state index contributed by atoms with van der Waals surface area (Å²) in [5.41, 5.74) is -3.49. The lowest BCUT2D eigenvalue weighted by Crippen LogP contribution is -2.61. The fourth-order valence-electron chi connectivity index (χ4n) is 13.7. The van der Waals surface area contributed by atoms with Gasteiger partial charge in [0.15, 0.2) is 31.7 Å². The highest BCUT2D eigenvalue weighted by atomic mass is 32.2. The molecule has 6 aliphatic carbocycles. The third-order valence-corrected chi connectivity index (χ3v) is 23.8. The highest BCUT2D eigenvalue weighted by molar-refractivity contribution is 7.85. The molecule has 98 heavy (non-hydrogen) atoms. The quantitative estimate of drug-likeness (QED) is 0.0214. The Morgan fingerprint density at radius 1 is 0.633 bits per heavy atom. The van der Waals surface area contributed by atoms with Crippen molar-refractivity contribution >= 4 is 64.6 Å². The van der Waals surface area contributed by atoms with E-state index in [-0.39, 0.29) is 51.5 Å². The van der Waals surface area contributed by atoms with Crippen LogP contribution < -0.4 is 9.47 Å². The van der Waals surface area contributed by atoms with Gasteiger partial charge in [-0.05, 0) is 236 Å². The minimum Gasteiger partial charge on any atom is -0.748 e. The van der Waals surface area contributed by atoms with Crippen LogP contribution in [0, 0.1) is 45.1 Å². The van der Waals surface area contributed by atoms with Gasteiger partial charge in [0.1, 0.15) is 28.3 Å². The molecule has 0 saturated heterocycles. The molecule has 0 radical (unpaired) electrons. The van der Waals surface area contributed by atoms with E-state index in [1.165, 1.54) is 43.5 Å². The lowest BCUT2D eigenvalue weighted by molar-refractivity contribution is -0.239. The van der Waals surface area contributed by atoms with Gasteiger partial charge in [0.05, 0.1) is 37.5 Å². The van der Waals surface area contributed by atoms with E-state index in [0.717, 1.165) is 69.9 Å². The molecule has 0 amide bonds. The molecule has 20 heteroatoms. The molecule has 6 fully saturated rings. The zero-order chi connectivity index (χ0) is 72.5. The molecule has 12 rings (SSSR count).